The van der Waals surface area contributed by atoms with E-state index >= 15 is 0 Å². The third-order valence-corrected chi connectivity index (χ3v) is 6.13. The number of carboxylic acid groups (broad SMARTS) is 1. The summed E-state index contributed by atoms with van der Waals surface area (Å²) in [5.41, 5.74) is 0. The number of aliphatic hydroxyl groups is 1. The van der Waals surface area contributed by atoms with Crippen LogP contribution in [0.4, 0.5) is 0 Å². The molecule has 0 aromatic carbocycles. The average molecular weight is 319 g/mol. The van der Waals surface area contributed by atoms with E-state index in [1.54, 1.807) is 0 Å². The predicted molar refractivity (Wildman–Crippen MR) is 74.4 cm³/mol. The van der Waals surface area contributed by atoms with E-state index in [1.807, 2.05) is 0 Å². The van der Waals surface area contributed by atoms with E-state index in [9.17, 15) is 18.3 Å². The highest BCUT2D eigenvalue weighted by Crippen LogP contribution is 2.27. The van der Waals surface area contributed by atoms with Crippen molar-refractivity contribution in [3.8, 4) is 0 Å². The minimum Gasteiger partial charge on any atom is -0.477 e. The molecule has 0 aliphatic heterocycles. The maximum atomic E-state index is 12.3. The Balaban J connectivity index is 2.22. The third kappa shape index (κ3) is 3.20. The van der Waals surface area contributed by atoms with Gasteiger partial charge in [0, 0.05) is 12.6 Å². The Morgan fingerprint density at radius 3 is 2.75 bits per heavy atom. The van der Waals surface area contributed by atoms with Crippen LogP contribution in [0.1, 0.15) is 35.4 Å². The number of aliphatic hydroxyl groups excluding tert-OH is 1. The molecule has 1 aromatic rings. The van der Waals surface area contributed by atoms with Crippen molar-refractivity contribution in [3.05, 3.63) is 16.3 Å². The fourth-order valence-corrected chi connectivity index (χ4v) is 5.11. The lowest BCUT2D eigenvalue weighted by molar-refractivity contribution is 0.0698. The number of carbonyl (C=O) groups is 1. The van der Waals surface area contributed by atoms with Crippen LogP contribution >= 0.6 is 11.3 Å². The topological polar surface area (TPSA) is 104 Å². The van der Waals surface area contributed by atoms with Crippen molar-refractivity contribution < 1.29 is 23.4 Å². The van der Waals surface area contributed by atoms with E-state index in [4.69, 9.17) is 5.11 Å². The van der Waals surface area contributed by atoms with Gasteiger partial charge < -0.3 is 10.2 Å². The Bertz CT molecular complexity index is 580. The number of rotatable bonds is 5. The summed E-state index contributed by atoms with van der Waals surface area (Å²) in [6.07, 6.45) is 3.32. The summed E-state index contributed by atoms with van der Waals surface area (Å²) >= 11 is 0.885. The highest BCUT2D eigenvalue weighted by atomic mass is 32.2. The van der Waals surface area contributed by atoms with Crippen molar-refractivity contribution in [2.75, 3.05) is 6.61 Å². The lowest BCUT2D eigenvalue weighted by Crippen LogP contribution is -2.43. The molecule has 1 heterocycles. The molecule has 2 atom stereocenters. The minimum absolute atomic E-state index is 0.0669. The maximum Gasteiger partial charge on any atom is 0.347 e. The molecule has 1 aromatic heterocycles. The van der Waals surface area contributed by atoms with E-state index in [1.165, 1.54) is 11.4 Å². The Kier molecular flexibility index (Phi) is 4.79. The summed E-state index contributed by atoms with van der Waals surface area (Å²) in [4.78, 5) is 10.6. The molecular weight excluding hydrogens is 302 g/mol. The third-order valence-electron chi connectivity index (χ3n) is 3.56. The lowest BCUT2D eigenvalue weighted by Gasteiger charge is -2.30. The predicted octanol–water partition coefficient (Wildman–Crippen LogP) is 1.28. The molecule has 1 saturated carbocycles. The number of sulfonamides is 1. The van der Waals surface area contributed by atoms with E-state index in [-0.39, 0.29) is 28.3 Å². The van der Waals surface area contributed by atoms with Crippen LogP contribution < -0.4 is 4.72 Å². The van der Waals surface area contributed by atoms with Gasteiger partial charge in [0.15, 0.2) is 0 Å². The van der Waals surface area contributed by atoms with E-state index in [0.717, 1.165) is 30.6 Å². The molecule has 6 nitrogen and oxygen atoms in total. The Morgan fingerprint density at radius 1 is 1.40 bits per heavy atom. The van der Waals surface area contributed by atoms with Gasteiger partial charge in [-0.1, -0.05) is 12.8 Å². The molecule has 0 saturated heterocycles. The normalized spacial score (nSPS) is 23.6. The summed E-state index contributed by atoms with van der Waals surface area (Å²) in [5, 5.41) is 19.8. The number of thiophene rings is 1. The summed E-state index contributed by atoms with van der Waals surface area (Å²) in [5.74, 6) is -1.35. The quantitative estimate of drug-likeness (QED) is 0.758. The van der Waals surface area contributed by atoms with Gasteiger partial charge >= 0.3 is 5.97 Å². The van der Waals surface area contributed by atoms with Crippen molar-refractivity contribution in [1.82, 2.24) is 4.72 Å². The molecule has 3 N–H and O–H groups in total. The zero-order valence-electron chi connectivity index (χ0n) is 10.8. The maximum absolute atomic E-state index is 12.3. The monoisotopic (exact) mass is 319 g/mol. The molecule has 112 valence electrons. The lowest BCUT2D eigenvalue weighted by atomic mass is 9.86. The zero-order valence-corrected chi connectivity index (χ0v) is 12.4. The largest absolute Gasteiger partial charge is 0.477 e. The fourth-order valence-electron chi connectivity index (χ4n) is 2.51. The molecule has 2 rings (SSSR count). The molecule has 1 aliphatic rings. The first-order valence-corrected chi connectivity index (χ1v) is 8.76. The molecule has 0 amide bonds. The summed E-state index contributed by atoms with van der Waals surface area (Å²) in [6.45, 7) is -0.0669. The Labute approximate surface area is 121 Å². The number of hydrogen-bond acceptors (Lipinski definition) is 5. The van der Waals surface area contributed by atoms with Gasteiger partial charge in [0.05, 0.1) is 0 Å². The Morgan fingerprint density at radius 2 is 2.10 bits per heavy atom. The summed E-state index contributed by atoms with van der Waals surface area (Å²) in [7, 11) is -3.87. The van der Waals surface area contributed by atoms with E-state index in [0.29, 0.717) is 6.42 Å². The van der Waals surface area contributed by atoms with Gasteiger partial charge in [-0.25, -0.2) is 17.9 Å². The van der Waals surface area contributed by atoms with Crippen LogP contribution in [-0.2, 0) is 10.0 Å². The standard InChI is InChI=1S/C12H17NO5S2/c14-7-8-3-1-2-4-9(8)13-20(17,18)10-5-6-19-11(10)12(15)16/h5-6,8-9,13-14H,1-4,7H2,(H,15,16). The Hall–Kier alpha value is -0.960. The van der Waals surface area contributed by atoms with Crippen molar-refractivity contribution in [2.45, 2.75) is 36.6 Å². The number of nitrogens with one attached hydrogen (secondary N) is 1. The first kappa shape index (κ1) is 15.4. The van der Waals surface area contributed by atoms with Gasteiger partial charge in [-0.2, -0.15) is 0 Å². The smallest absolute Gasteiger partial charge is 0.347 e. The van der Waals surface area contributed by atoms with Gasteiger partial charge in [-0.3, -0.25) is 0 Å². The van der Waals surface area contributed by atoms with Gasteiger partial charge in [0.25, 0.3) is 0 Å². The highest BCUT2D eigenvalue weighted by molar-refractivity contribution is 7.89. The van der Waals surface area contributed by atoms with Gasteiger partial charge in [-0.05, 0) is 30.2 Å². The average Bonchev–Trinajstić information content (AvgIpc) is 2.89. The van der Waals surface area contributed by atoms with Crippen molar-refractivity contribution >= 4 is 27.3 Å². The molecule has 0 spiro atoms. The molecule has 1 fully saturated rings. The second-order valence-corrected chi connectivity index (χ2v) is 7.47. The molecule has 20 heavy (non-hydrogen) atoms. The number of aromatic carboxylic acids is 1. The van der Waals surface area contributed by atoms with Crippen LogP contribution in [0.5, 0.6) is 0 Å². The van der Waals surface area contributed by atoms with Crippen molar-refractivity contribution in [1.29, 1.82) is 0 Å². The molecule has 0 radical (unpaired) electrons. The molecule has 8 heteroatoms. The molecule has 1 aliphatic carbocycles. The van der Waals surface area contributed by atoms with Gasteiger partial charge in [0.2, 0.25) is 10.0 Å². The van der Waals surface area contributed by atoms with Crippen LogP contribution in [-0.4, -0.2) is 37.2 Å². The SMILES string of the molecule is O=C(O)c1sccc1S(=O)(=O)NC1CCCCC1CO. The summed E-state index contributed by atoms with van der Waals surface area (Å²) in [6, 6.07) is 0.966. The molecular formula is C12H17NO5S2. The van der Waals surface area contributed by atoms with E-state index in [2.05, 4.69) is 4.72 Å². The van der Waals surface area contributed by atoms with Gasteiger partial charge in [-0.15, -0.1) is 11.3 Å². The molecule has 2 unspecified atom stereocenters. The summed E-state index contributed by atoms with van der Waals surface area (Å²) < 4.78 is 27.1. The van der Waals surface area contributed by atoms with Crippen LogP contribution in [0.2, 0.25) is 0 Å². The van der Waals surface area contributed by atoms with Crippen LogP contribution in [0.3, 0.4) is 0 Å². The minimum atomic E-state index is -3.87. The first-order valence-electron chi connectivity index (χ1n) is 6.39. The van der Waals surface area contributed by atoms with Crippen LogP contribution in [0.15, 0.2) is 16.3 Å². The second-order valence-electron chi connectivity index (χ2n) is 4.87. The second kappa shape index (κ2) is 6.21. The number of hydrogen-bond donors (Lipinski definition) is 3. The van der Waals surface area contributed by atoms with Crippen molar-refractivity contribution in [2.24, 2.45) is 5.92 Å². The van der Waals surface area contributed by atoms with Crippen molar-refractivity contribution in [3.63, 3.8) is 0 Å². The van der Waals surface area contributed by atoms with E-state index < -0.39 is 16.0 Å². The zero-order chi connectivity index (χ0) is 14.8. The highest BCUT2D eigenvalue weighted by Gasteiger charge is 2.31. The number of carboxylic acids is 1. The van der Waals surface area contributed by atoms with Gasteiger partial charge in [0.1, 0.15) is 9.77 Å². The van der Waals surface area contributed by atoms with Crippen LogP contribution in [0, 0.1) is 5.92 Å². The van der Waals surface area contributed by atoms with Crippen LogP contribution in [0.25, 0.3) is 0 Å². The molecule has 0 bridgehead atoms. The first-order chi connectivity index (χ1) is 9.45. The fraction of sp³-hybridized carbons (Fsp3) is 0.583.